The minimum Gasteiger partial charge on any atom is -0.478 e. The minimum atomic E-state index is -4.88. The van der Waals surface area contributed by atoms with Gasteiger partial charge in [0.05, 0.1) is 0 Å². The van der Waals surface area contributed by atoms with E-state index in [1.54, 1.807) is 13.0 Å². The quantitative estimate of drug-likeness (QED) is 0.916. The van der Waals surface area contributed by atoms with Crippen LogP contribution in [0.3, 0.4) is 0 Å². The van der Waals surface area contributed by atoms with Gasteiger partial charge >= 0.3 is 12.1 Å². The Morgan fingerprint density at radius 2 is 2.00 bits per heavy atom. The van der Waals surface area contributed by atoms with E-state index in [2.05, 4.69) is 15.0 Å². The fourth-order valence-electron chi connectivity index (χ4n) is 1.54. The Bertz CT molecular complexity index is 671. The van der Waals surface area contributed by atoms with E-state index in [-0.39, 0.29) is 11.5 Å². The van der Waals surface area contributed by atoms with E-state index < -0.39 is 23.4 Å². The van der Waals surface area contributed by atoms with Crippen LogP contribution in [0.25, 0.3) is 11.5 Å². The number of hydrogen-bond donors (Lipinski definition) is 1. The maximum atomic E-state index is 12.8. The number of carboxylic acids is 1. The molecule has 0 atom stereocenters. The molecule has 2 heterocycles. The fourth-order valence-corrected chi connectivity index (χ4v) is 1.54. The Morgan fingerprint density at radius 1 is 1.30 bits per heavy atom. The van der Waals surface area contributed by atoms with Gasteiger partial charge in [0.1, 0.15) is 11.3 Å². The third kappa shape index (κ3) is 2.73. The normalized spacial score (nSPS) is 11.4. The van der Waals surface area contributed by atoms with Crippen molar-refractivity contribution in [2.24, 2.45) is 0 Å². The van der Waals surface area contributed by atoms with Gasteiger partial charge in [0.25, 0.3) is 0 Å². The zero-order chi connectivity index (χ0) is 14.9. The van der Waals surface area contributed by atoms with E-state index in [4.69, 9.17) is 5.11 Å². The van der Waals surface area contributed by atoms with E-state index in [1.807, 2.05) is 0 Å². The summed E-state index contributed by atoms with van der Waals surface area (Å²) in [4.78, 5) is 21.6. The monoisotopic (exact) mass is 283 g/mol. The third-order valence-corrected chi connectivity index (χ3v) is 2.43. The zero-order valence-corrected chi connectivity index (χ0v) is 10.1. The van der Waals surface area contributed by atoms with E-state index in [0.29, 0.717) is 6.20 Å². The first kappa shape index (κ1) is 13.9. The highest BCUT2D eigenvalue weighted by Crippen LogP contribution is 2.31. The van der Waals surface area contributed by atoms with Crippen LogP contribution in [-0.2, 0) is 6.18 Å². The molecule has 104 valence electrons. The third-order valence-electron chi connectivity index (χ3n) is 2.43. The molecule has 5 nitrogen and oxygen atoms in total. The molecule has 0 spiro atoms. The molecule has 0 radical (unpaired) electrons. The van der Waals surface area contributed by atoms with Crippen molar-refractivity contribution < 1.29 is 23.1 Å². The number of nitrogens with zero attached hydrogens (tertiary/aromatic N) is 3. The second-order valence-electron chi connectivity index (χ2n) is 3.98. The van der Waals surface area contributed by atoms with E-state index in [9.17, 15) is 18.0 Å². The number of carbonyl (C=O) groups is 1. The van der Waals surface area contributed by atoms with Crippen LogP contribution in [0.15, 0.2) is 24.5 Å². The minimum absolute atomic E-state index is 0.146. The number of carboxylic acid groups (broad SMARTS) is 1. The van der Waals surface area contributed by atoms with Gasteiger partial charge < -0.3 is 5.11 Å². The highest BCUT2D eigenvalue weighted by molar-refractivity contribution is 5.88. The van der Waals surface area contributed by atoms with Crippen molar-refractivity contribution in [3.05, 3.63) is 41.3 Å². The highest BCUT2D eigenvalue weighted by Gasteiger charge is 2.38. The van der Waals surface area contributed by atoms with Gasteiger partial charge in [-0.3, -0.25) is 4.98 Å². The fraction of sp³-hybridized carbons (Fsp3) is 0.167. The molecule has 0 aliphatic carbocycles. The molecule has 2 rings (SSSR count). The first-order chi connectivity index (χ1) is 9.29. The van der Waals surface area contributed by atoms with Crippen LogP contribution in [0.2, 0.25) is 0 Å². The molecular weight excluding hydrogens is 275 g/mol. The number of pyridine rings is 1. The Hall–Kier alpha value is -2.51. The van der Waals surface area contributed by atoms with Gasteiger partial charge in [0.15, 0.2) is 11.5 Å². The van der Waals surface area contributed by atoms with Gasteiger partial charge in [-0.25, -0.2) is 14.8 Å². The molecule has 0 saturated carbocycles. The van der Waals surface area contributed by atoms with Crippen molar-refractivity contribution in [1.29, 1.82) is 0 Å². The van der Waals surface area contributed by atoms with Crippen LogP contribution in [0.4, 0.5) is 13.2 Å². The SMILES string of the molecule is Cc1ccnc(-c2ncc(C(=O)O)c(C(F)(F)F)n2)c1. The summed E-state index contributed by atoms with van der Waals surface area (Å²) in [5.41, 5.74) is -1.56. The van der Waals surface area contributed by atoms with Gasteiger partial charge in [-0.05, 0) is 24.6 Å². The predicted octanol–water partition coefficient (Wildman–Crippen LogP) is 2.56. The van der Waals surface area contributed by atoms with Gasteiger partial charge in [-0.15, -0.1) is 0 Å². The average Bonchev–Trinajstić information content (AvgIpc) is 2.37. The molecule has 0 aliphatic heterocycles. The van der Waals surface area contributed by atoms with Crippen LogP contribution in [0.5, 0.6) is 0 Å². The zero-order valence-electron chi connectivity index (χ0n) is 10.1. The Kier molecular flexibility index (Phi) is 3.39. The van der Waals surface area contributed by atoms with Crippen molar-refractivity contribution in [2.75, 3.05) is 0 Å². The smallest absolute Gasteiger partial charge is 0.434 e. The number of hydrogen-bond acceptors (Lipinski definition) is 4. The molecule has 8 heteroatoms. The summed E-state index contributed by atoms with van der Waals surface area (Å²) in [6.45, 7) is 1.74. The lowest BCUT2D eigenvalue weighted by Gasteiger charge is -2.10. The van der Waals surface area contributed by atoms with Gasteiger partial charge in [0.2, 0.25) is 0 Å². The van der Waals surface area contributed by atoms with Gasteiger partial charge in [-0.1, -0.05) is 0 Å². The van der Waals surface area contributed by atoms with E-state index in [0.717, 1.165) is 5.56 Å². The molecule has 0 aliphatic rings. The second-order valence-corrected chi connectivity index (χ2v) is 3.98. The van der Waals surface area contributed by atoms with Crippen molar-refractivity contribution in [2.45, 2.75) is 13.1 Å². The maximum absolute atomic E-state index is 12.8. The summed E-state index contributed by atoms with van der Waals surface area (Å²) in [6.07, 6.45) is -2.83. The number of aromatic nitrogens is 3. The summed E-state index contributed by atoms with van der Waals surface area (Å²) in [6, 6.07) is 3.18. The van der Waals surface area contributed by atoms with Crippen molar-refractivity contribution in [3.8, 4) is 11.5 Å². The summed E-state index contributed by atoms with van der Waals surface area (Å²) < 4.78 is 38.4. The standard InChI is InChI=1S/C12H8F3N3O2/c1-6-2-3-16-8(4-6)10-17-5-7(11(19)20)9(18-10)12(13,14)15/h2-5H,1H3,(H,19,20). The van der Waals surface area contributed by atoms with E-state index in [1.165, 1.54) is 12.3 Å². The first-order valence-electron chi connectivity index (χ1n) is 5.39. The molecule has 2 aromatic rings. The summed E-state index contributed by atoms with van der Waals surface area (Å²) in [5.74, 6) is -2.01. The van der Waals surface area contributed by atoms with Crippen molar-refractivity contribution in [3.63, 3.8) is 0 Å². The second kappa shape index (κ2) is 4.87. The van der Waals surface area contributed by atoms with Crippen LogP contribution in [0.1, 0.15) is 21.6 Å². The lowest BCUT2D eigenvalue weighted by atomic mass is 10.2. The molecule has 0 amide bonds. The Balaban J connectivity index is 2.61. The van der Waals surface area contributed by atoms with E-state index >= 15 is 0 Å². The van der Waals surface area contributed by atoms with Crippen molar-refractivity contribution >= 4 is 5.97 Å². The lowest BCUT2D eigenvalue weighted by molar-refractivity contribution is -0.141. The molecule has 0 aromatic carbocycles. The molecule has 20 heavy (non-hydrogen) atoms. The van der Waals surface area contributed by atoms with Gasteiger partial charge in [0, 0.05) is 12.4 Å². The molecule has 0 saturated heterocycles. The summed E-state index contributed by atoms with van der Waals surface area (Å²) in [7, 11) is 0. The van der Waals surface area contributed by atoms with Crippen LogP contribution in [0, 0.1) is 6.92 Å². The Morgan fingerprint density at radius 3 is 2.55 bits per heavy atom. The van der Waals surface area contributed by atoms with Crippen molar-refractivity contribution in [1.82, 2.24) is 15.0 Å². The summed E-state index contributed by atoms with van der Waals surface area (Å²) in [5, 5.41) is 8.74. The van der Waals surface area contributed by atoms with Crippen LogP contribution in [-0.4, -0.2) is 26.0 Å². The first-order valence-corrected chi connectivity index (χ1v) is 5.39. The Labute approximate surface area is 111 Å². The molecule has 0 fully saturated rings. The predicted molar refractivity (Wildman–Crippen MR) is 62.0 cm³/mol. The van der Waals surface area contributed by atoms with Crippen LogP contribution >= 0.6 is 0 Å². The topological polar surface area (TPSA) is 76.0 Å². The maximum Gasteiger partial charge on any atom is 0.434 e. The molecular formula is C12H8F3N3O2. The molecule has 0 bridgehead atoms. The van der Waals surface area contributed by atoms with Gasteiger partial charge in [-0.2, -0.15) is 13.2 Å². The average molecular weight is 283 g/mol. The van der Waals surface area contributed by atoms with Crippen LogP contribution < -0.4 is 0 Å². The summed E-state index contributed by atoms with van der Waals surface area (Å²) >= 11 is 0. The number of alkyl halides is 3. The molecule has 0 unspecified atom stereocenters. The largest absolute Gasteiger partial charge is 0.478 e. The highest BCUT2D eigenvalue weighted by atomic mass is 19.4. The molecule has 1 N–H and O–H groups in total. The number of aromatic carboxylic acids is 1. The number of halogens is 3. The lowest BCUT2D eigenvalue weighted by Crippen LogP contribution is -2.16. The number of rotatable bonds is 2. The molecule has 2 aromatic heterocycles. The number of aryl methyl sites for hydroxylation is 1.